The lowest BCUT2D eigenvalue weighted by molar-refractivity contribution is -0.108. The number of aryl methyl sites for hydroxylation is 1. The van der Waals surface area contributed by atoms with Gasteiger partial charge in [-0.05, 0) is 36.2 Å². The summed E-state index contributed by atoms with van der Waals surface area (Å²) in [6.07, 6.45) is -4.53. The van der Waals surface area contributed by atoms with Gasteiger partial charge < -0.3 is 5.73 Å². The number of hydrogen-bond donors (Lipinski definition) is 1. The molecule has 0 aliphatic carbocycles. The summed E-state index contributed by atoms with van der Waals surface area (Å²) in [7, 11) is 0. The van der Waals surface area contributed by atoms with Crippen LogP contribution >= 0.6 is 23.4 Å². The summed E-state index contributed by atoms with van der Waals surface area (Å²) in [6, 6.07) is 1.43. The molecule has 12 heteroatoms. The van der Waals surface area contributed by atoms with E-state index in [1.807, 2.05) is 0 Å². The van der Waals surface area contributed by atoms with E-state index < -0.39 is 40.6 Å². The first kappa shape index (κ1) is 20.8. The van der Waals surface area contributed by atoms with E-state index >= 15 is 0 Å². The molecule has 0 unspecified atom stereocenters. The van der Waals surface area contributed by atoms with Gasteiger partial charge >= 0.3 is 17.5 Å². The van der Waals surface area contributed by atoms with Crippen LogP contribution in [0.4, 0.5) is 40.8 Å². The zero-order valence-corrected chi connectivity index (χ0v) is 13.3. The first-order valence-corrected chi connectivity index (χ1v) is 7.30. The van der Waals surface area contributed by atoms with E-state index in [0.29, 0.717) is 6.07 Å². The van der Waals surface area contributed by atoms with Gasteiger partial charge in [-0.3, -0.25) is 0 Å². The Morgan fingerprint density at radius 3 is 2.17 bits per heavy atom. The normalized spacial score (nSPS) is 14.2. The highest BCUT2D eigenvalue weighted by Crippen LogP contribution is 2.39. The Hall–Kier alpha value is -1.23. The third-order valence-electron chi connectivity index (χ3n) is 2.55. The molecule has 0 heterocycles. The molecule has 0 amide bonds. The molecule has 0 aliphatic rings. The van der Waals surface area contributed by atoms with E-state index in [0.717, 1.165) is 6.07 Å². The summed E-state index contributed by atoms with van der Waals surface area (Å²) < 4.78 is 102. The topological polar surface area (TPSA) is 38.4 Å². The third kappa shape index (κ3) is 5.13. The van der Waals surface area contributed by atoms with Crippen molar-refractivity contribution >= 4 is 34.9 Å². The minimum atomic E-state index is -5.08. The van der Waals surface area contributed by atoms with Gasteiger partial charge in [-0.15, -0.1) is 11.8 Å². The molecule has 1 aromatic rings. The fraction of sp³-hybridized carbons (Fsp3) is 0.417. The maximum atomic E-state index is 13.7. The molecular weight excluding hydrogens is 392 g/mol. The van der Waals surface area contributed by atoms with Crippen molar-refractivity contribution in [3.8, 4) is 0 Å². The molecule has 0 bridgehead atoms. The van der Waals surface area contributed by atoms with E-state index in [9.17, 15) is 35.1 Å². The molecule has 0 spiro atoms. The summed E-state index contributed by atoms with van der Waals surface area (Å²) >= 11 is 4.47. The minimum absolute atomic E-state index is 0.0775. The zero-order chi connectivity index (χ0) is 18.9. The molecule has 2 N–H and O–H groups in total. The molecule has 0 saturated heterocycles. The van der Waals surface area contributed by atoms with Crippen molar-refractivity contribution in [1.82, 2.24) is 0 Å². The number of hydrogen-bond acceptors (Lipinski definition) is 2. The van der Waals surface area contributed by atoms with E-state index in [2.05, 4.69) is 16.6 Å². The Morgan fingerprint density at radius 2 is 1.71 bits per heavy atom. The van der Waals surface area contributed by atoms with Crippen LogP contribution in [0.1, 0.15) is 5.56 Å². The first-order valence-electron chi connectivity index (χ1n) is 5.94. The lowest BCUT2D eigenvalue weighted by Crippen LogP contribution is -2.47. The number of aliphatic imine (C=N–C) groups is 1. The molecule has 0 fully saturated rings. The Balaban J connectivity index is 3.23. The lowest BCUT2D eigenvalue weighted by atomic mass is 10.2. The third-order valence-corrected chi connectivity index (χ3v) is 4.01. The molecule has 0 radical (unpaired) electrons. The van der Waals surface area contributed by atoms with Crippen molar-refractivity contribution in [2.24, 2.45) is 10.7 Å². The van der Waals surface area contributed by atoms with Crippen LogP contribution in [0, 0.1) is 12.7 Å². The Labute approximate surface area is 140 Å². The van der Waals surface area contributed by atoms with E-state index in [1.165, 1.54) is 6.92 Å². The summed E-state index contributed by atoms with van der Waals surface area (Å²) in [5.41, 5.74) is 3.92. The van der Waals surface area contributed by atoms with E-state index in [-0.39, 0.29) is 22.2 Å². The van der Waals surface area contributed by atoms with Gasteiger partial charge in [0.15, 0.2) is 5.84 Å². The number of benzene rings is 1. The lowest BCUT2D eigenvalue weighted by Gasteiger charge is -2.20. The molecule has 136 valence electrons. The summed E-state index contributed by atoms with van der Waals surface area (Å²) in [6.45, 7) is 1.28. The smallest absolute Gasteiger partial charge is 0.382 e. The van der Waals surface area contributed by atoms with Gasteiger partial charge in [-0.2, -0.15) is 30.7 Å². The van der Waals surface area contributed by atoms with Gasteiger partial charge in [0.25, 0.3) is 0 Å². The number of nitrogens with zero attached hydrogens (tertiary/aromatic N) is 1. The maximum absolute atomic E-state index is 13.7. The van der Waals surface area contributed by atoms with Crippen molar-refractivity contribution in [2.45, 2.75) is 29.3 Å². The van der Waals surface area contributed by atoms with Gasteiger partial charge in [0.1, 0.15) is 11.5 Å². The molecule has 1 aromatic carbocycles. The standard InChI is InChI=1S/C12H9ClF8N2S/c1-5-2-6(14)7(3-8(5)24-4-10(15,16)17)23-9(22)11(18,19)12(13,20)21/h2-3H,4H2,1H3,(H2,22,23). The second-order valence-electron chi connectivity index (χ2n) is 4.54. The van der Waals surface area contributed by atoms with Crippen molar-refractivity contribution in [2.75, 3.05) is 5.75 Å². The Bertz CT molecular complexity index is 639. The average molecular weight is 401 g/mol. The van der Waals surface area contributed by atoms with Gasteiger partial charge in [0, 0.05) is 4.90 Å². The van der Waals surface area contributed by atoms with Crippen LogP contribution < -0.4 is 5.73 Å². The fourth-order valence-electron chi connectivity index (χ4n) is 1.39. The number of alkyl halides is 8. The van der Waals surface area contributed by atoms with Gasteiger partial charge in [0.05, 0.1) is 5.75 Å². The van der Waals surface area contributed by atoms with Gasteiger partial charge in [0.2, 0.25) is 0 Å². The average Bonchev–Trinajstić information content (AvgIpc) is 2.37. The number of rotatable bonds is 5. The Morgan fingerprint density at radius 1 is 1.17 bits per heavy atom. The van der Waals surface area contributed by atoms with Crippen LogP contribution in [0.15, 0.2) is 22.0 Å². The summed E-state index contributed by atoms with van der Waals surface area (Å²) in [5, 5.41) is -5.07. The van der Waals surface area contributed by atoms with Crippen molar-refractivity contribution in [3.05, 3.63) is 23.5 Å². The number of halogens is 9. The van der Waals surface area contributed by atoms with Crippen LogP contribution in [0.25, 0.3) is 0 Å². The van der Waals surface area contributed by atoms with Crippen molar-refractivity contribution < 1.29 is 35.1 Å². The highest BCUT2D eigenvalue weighted by atomic mass is 35.5. The predicted molar refractivity (Wildman–Crippen MR) is 74.9 cm³/mol. The number of thioether (sulfide) groups is 1. The molecule has 0 aromatic heterocycles. The quantitative estimate of drug-likeness (QED) is 0.241. The van der Waals surface area contributed by atoms with Gasteiger partial charge in [-0.1, -0.05) is 0 Å². The van der Waals surface area contributed by atoms with Crippen LogP contribution in [0.3, 0.4) is 0 Å². The molecule has 0 saturated carbocycles. The van der Waals surface area contributed by atoms with Crippen LogP contribution in [-0.4, -0.2) is 29.1 Å². The molecule has 24 heavy (non-hydrogen) atoms. The molecular formula is C12H9ClF8N2S. The number of nitrogens with two attached hydrogens (primary N) is 1. The highest BCUT2D eigenvalue weighted by Gasteiger charge is 2.58. The second kappa shape index (κ2) is 6.95. The summed E-state index contributed by atoms with van der Waals surface area (Å²) in [5.74, 6) is -9.60. The zero-order valence-electron chi connectivity index (χ0n) is 11.7. The fourth-order valence-corrected chi connectivity index (χ4v) is 2.29. The second-order valence-corrected chi connectivity index (χ2v) is 6.03. The molecule has 2 nitrogen and oxygen atoms in total. The largest absolute Gasteiger partial charge is 0.398 e. The van der Waals surface area contributed by atoms with E-state index in [1.54, 1.807) is 0 Å². The predicted octanol–water partition coefficient (Wildman–Crippen LogP) is 5.24. The first-order chi connectivity index (χ1) is 10.6. The highest BCUT2D eigenvalue weighted by molar-refractivity contribution is 7.99. The monoisotopic (exact) mass is 400 g/mol. The van der Waals surface area contributed by atoms with E-state index in [4.69, 9.17) is 5.73 Å². The number of amidine groups is 1. The molecule has 1 rings (SSSR count). The molecule has 0 atom stereocenters. The SMILES string of the molecule is Cc1cc(F)c(/N=C(\N)C(F)(F)C(F)(F)Cl)cc1SCC(F)(F)F. The summed E-state index contributed by atoms with van der Waals surface area (Å²) in [4.78, 5) is 2.73. The van der Waals surface area contributed by atoms with Gasteiger partial charge in [-0.25, -0.2) is 9.38 Å². The van der Waals surface area contributed by atoms with Crippen molar-refractivity contribution in [3.63, 3.8) is 0 Å². The Kier molecular flexibility index (Phi) is 6.02. The molecule has 0 aliphatic heterocycles. The maximum Gasteiger partial charge on any atom is 0.398 e. The van der Waals surface area contributed by atoms with Crippen LogP contribution in [0.5, 0.6) is 0 Å². The van der Waals surface area contributed by atoms with Crippen molar-refractivity contribution in [1.29, 1.82) is 0 Å². The van der Waals surface area contributed by atoms with Crippen LogP contribution in [0.2, 0.25) is 0 Å². The minimum Gasteiger partial charge on any atom is -0.382 e. The van der Waals surface area contributed by atoms with Crippen LogP contribution in [-0.2, 0) is 0 Å².